The Bertz CT molecular complexity index is 605. The Morgan fingerprint density at radius 3 is 2.85 bits per heavy atom. The van der Waals surface area contributed by atoms with E-state index in [1.54, 1.807) is 0 Å². The van der Waals surface area contributed by atoms with Crippen molar-refractivity contribution in [3.8, 4) is 0 Å². The van der Waals surface area contributed by atoms with E-state index in [4.69, 9.17) is 5.84 Å². The topological polar surface area (TPSA) is 63.8 Å². The quantitative estimate of drug-likeness (QED) is 0.487. The molecule has 1 atom stereocenters. The molecule has 8 heteroatoms. The lowest BCUT2D eigenvalue weighted by Crippen LogP contribution is -2.30. The summed E-state index contributed by atoms with van der Waals surface area (Å²) in [6, 6.07) is 2.13. The van der Waals surface area contributed by atoms with Gasteiger partial charge in [0.05, 0.1) is 21.1 Å². The molecule has 20 heavy (non-hydrogen) atoms. The zero-order valence-electron chi connectivity index (χ0n) is 10.7. The van der Waals surface area contributed by atoms with Crippen molar-refractivity contribution in [1.29, 1.82) is 0 Å². The number of nitrogens with zero attached hydrogens (tertiary/aromatic N) is 2. The van der Waals surface area contributed by atoms with Crippen molar-refractivity contribution in [2.45, 2.75) is 25.8 Å². The van der Waals surface area contributed by atoms with Gasteiger partial charge in [-0.3, -0.25) is 11.3 Å². The van der Waals surface area contributed by atoms with Crippen LogP contribution in [-0.4, -0.2) is 9.59 Å². The summed E-state index contributed by atoms with van der Waals surface area (Å²) >= 11 is 4.24. The number of hydrogen-bond donors (Lipinski definition) is 2. The molecule has 3 N–H and O–H groups in total. The Hall–Kier alpha value is -0.960. The van der Waals surface area contributed by atoms with Crippen LogP contribution in [0.5, 0.6) is 0 Å². The predicted octanol–water partition coefficient (Wildman–Crippen LogP) is 2.89. The second-order valence-electron chi connectivity index (χ2n) is 4.18. The van der Waals surface area contributed by atoms with Gasteiger partial charge in [0.1, 0.15) is 11.6 Å². The van der Waals surface area contributed by atoms with E-state index in [1.165, 1.54) is 23.7 Å². The smallest absolute Gasteiger partial charge is 0.143 e. The van der Waals surface area contributed by atoms with Gasteiger partial charge in [0.15, 0.2) is 0 Å². The molecule has 1 aromatic heterocycles. The molecule has 0 saturated heterocycles. The van der Waals surface area contributed by atoms with Gasteiger partial charge in [-0.1, -0.05) is 11.4 Å². The summed E-state index contributed by atoms with van der Waals surface area (Å²) in [5.41, 5.74) is 3.35. The number of aryl methyl sites for hydroxylation is 1. The standard InChI is InChI=1S/C12H13BrF2N4S/c1-2-9-12(20-19-18-9)10(17-16)5-6-8(14)4-3-7(13)11(6)15/h3-4,10,17H,2,5,16H2,1H3. The molecule has 0 saturated carbocycles. The maximum atomic E-state index is 14.0. The van der Waals surface area contributed by atoms with Crippen LogP contribution in [0.3, 0.4) is 0 Å². The van der Waals surface area contributed by atoms with Gasteiger partial charge in [-0.15, -0.1) is 5.10 Å². The minimum atomic E-state index is -0.610. The van der Waals surface area contributed by atoms with E-state index in [0.29, 0.717) is 6.42 Å². The van der Waals surface area contributed by atoms with Crippen molar-refractivity contribution >= 4 is 27.5 Å². The monoisotopic (exact) mass is 362 g/mol. The molecule has 1 unspecified atom stereocenters. The number of rotatable bonds is 5. The minimum absolute atomic E-state index is 0.0159. The van der Waals surface area contributed by atoms with Crippen molar-refractivity contribution in [2.75, 3.05) is 0 Å². The van der Waals surface area contributed by atoms with Crippen LogP contribution in [-0.2, 0) is 12.8 Å². The third-order valence-electron chi connectivity index (χ3n) is 2.98. The van der Waals surface area contributed by atoms with Crippen LogP contribution in [0.1, 0.15) is 29.1 Å². The van der Waals surface area contributed by atoms with Crippen LogP contribution < -0.4 is 11.3 Å². The highest BCUT2D eigenvalue weighted by Gasteiger charge is 2.22. The molecule has 0 spiro atoms. The molecular formula is C12H13BrF2N4S. The third-order valence-corrected chi connectivity index (χ3v) is 4.48. The first-order chi connectivity index (χ1) is 9.58. The van der Waals surface area contributed by atoms with Crippen molar-refractivity contribution in [1.82, 2.24) is 15.0 Å². The number of nitrogens with one attached hydrogen (secondary N) is 1. The summed E-state index contributed by atoms with van der Waals surface area (Å²) in [5, 5.41) is 3.98. The second kappa shape index (κ2) is 6.66. The van der Waals surface area contributed by atoms with Crippen molar-refractivity contribution < 1.29 is 8.78 Å². The number of hydrazine groups is 1. The predicted molar refractivity (Wildman–Crippen MR) is 77.1 cm³/mol. The zero-order valence-corrected chi connectivity index (χ0v) is 13.1. The van der Waals surface area contributed by atoms with Gasteiger partial charge in [0.2, 0.25) is 0 Å². The first-order valence-electron chi connectivity index (χ1n) is 5.98. The van der Waals surface area contributed by atoms with E-state index in [2.05, 4.69) is 30.9 Å². The van der Waals surface area contributed by atoms with Crippen molar-refractivity contribution in [3.05, 3.63) is 44.4 Å². The minimum Gasteiger partial charge on any atom is -0.271 e. The number of halogens is 3. The van der Waals surface area contributed by atoms with Crippen LogP contribution >= 0.6 is 27.5 Å². The van der Waals surface area contributed by atoms with Crippen molar-refractivity contribution in [2.24, 2.45) is 5.84 Å². The molecule has 0 fully saturated rings. The molecule has 1 heterocycles. The van der Waals surface area contributed by atoms with Gasteiger partial charge in [-0.05, 0) is 52.4 Å². The number of hydrogen-bond acceptors (Lipinski definition) is 5. The summed E-state index contributed by atoms with van der Waals surface area (Å²) in [6.45, 7) is 1.94. The maximum Gasteiger partial charge on any atom is 0.143 e. The van der Waals surface area contributed by atoms with Gasteiger partial charge >= 0.3 is 0 Å². The summed E-state index contributed by atoms with van der Waals surface area (Å²) in [5.74, 6) is 4.31. The average molecular weight is 363 g/mol. The van der Waals surface area contributed by atoms with Gasteiger partial charge in [0, 0.05) is 5.56 Å². The van der Waals surface area contributed by atoms with E-state index < -0.39 is 17.7 Å². The Morgan fingerprint density at radius 2 is 2.20 bits per heavy atom. The normalized spacial score (nSPS) is 12.7. The maximum absolute atomic E-state index is 14.0. The van der Waals surface area contributed by atoms with Gasteiger partial charge in [-0.2, -0.15) is 0 Å². The Morgan fingerprint density at radius 1 is 1.45 bits per heavy atom. The molecule has 0 aliphatic carbocycles. The zero-order chi connectivity index (χ0) is 14.7. The molecule has 0 amide bonds. The molecule has 0 radical (unpaired) electrons. The fourth-order valence-electron chi connectivity index (χ4n) is 1.91. The van der Waals surface area contributed by atoms with E-state index in [0.717, 1.165) is 10.6 Å². The number of aromatic nitrogens is 2. The lowest BCUT2D eigenvalue weighted by molar-refractivity contribution is 0.499. The van der Waals surface area contributed by atoms with Crippen LogP contribution in [0.2, 0.25) is 0 Å². The highest BCUT2D eigenvalue weighted by atomic mass is 79.9. The lowest BCUT2D eigenvalue weighted by Gasteiger charge is -2.16. The summed E-state index contributed by atoms with van der Waals surface area (Å²) in [7, 11) is 0. The molecule has 0 aliphatic heterocycles. The van der Waals surface area contributed by atoms with Crippen LogP contribution in [0.4, 0.5) is 8.78 Å². The Kier molecular flexibility index (Phi) is 5.14. The summed E-state index contributed by atoms with van der Waals surface area (Å²) in [4.78, 5) is 0.800. The number of nitrogens with two attached hydrogens (primary N) is 1. The second-order valence-corrected chi connectivity index (χ2v) is 5.82. The third kappa shape index (κ3) is 3.03. The molecule has 0 bridgehead atoms. The highest BCUT2D eigenvalue weighted by Crippen LogP contribution is 2.28. The molecule has 0 aliphatic rings. The van der Waals surface area contributed by atoms with Gasteiger partial charge in [0.25, 0.3) is 0 Å². The SMILES string of the molecule is CCc1nnsc1C(Cc1c(F)ccc(Br)c1F)NN. The first-order valence-corrected chi connectivity index (χ1v) is 7.54. The largest absolute Gasteiger partial charge is 0.271 e. The molecule has 108 valence electrons. The van der Waals surface area contributed by atoms with E-state index >= 15 is 0 Å². The molecular weight excluding hydrogens is 350 g/mol. The van der Waals surface area contributed by atoms with Crippen LogP contribution in [0.15, 0.2) is 16.6 Å². The van der Waals surface area contributed by atoms with Crippen LogP contribution in [0.25, 0.3) is 0 Å². The average Bonchev–Trinajstić information content (AvgIpc) is 2.92. The van der Waals surface area contributed by atoms with Crippen molar-refractivity contribution in [3.63, 3.8) is 0 Å². The first kappa shape index (κ1) is 15.4. The van der Waals surface area contributed by atoms with Gasteiger partial charge in [-0.25, -0.2) is 8.78 Å². The van der Waals surface area contributed by atoms with Gasteiger partial charge < -0.3 is 0 Å². The van der Waals surface area contributed by atoms with Crippen LogP contribution in [0, 0.1) is 11.6 Å². The lowest BCUT2D eigenvalue weighted by atomic mass is 10.0. The molecule has 1 aromatic carbocycles. The summed E-state index contributed by atoms with van der Waals surface area (Å²) in [6.07, 6.45) is 0.776. The number of benzene rings is 1. The molecule has 2 rings (SSSR count). The van der Waals surface area contributed by atoms with E-state index in [1.807, 2.05) is 6.92 Å². The highest BCUT2D eigenvalue weighted by molar-refractivity contribution is 9.10. The fourth-order valence-corrected chi connectivity index (χ4v) is 3.08. The summed E-state index contributed by atoms with van der Waals surface area (Å²) < 4.78 is 31.9. The fraction of sp³-hybridized carbons (Fsp3) is 0.333. The Balaban J connectivity index is 2.34. The molecule has 2 aromatic rings. The Labute approximate surface area is 127 Å². The molecule has 4 nitrogen and oxygen atoms in total. The van der Waals surface area contributed by atoms with E-state index in [-0.39, 0.29) is 16.5 Å². The van der Waals surface area contributed by atoms with E-state index in [9.17, 15) is 8.78 Å².